The molecule has 0 spiro atoms. The molecule has 0 saturated heterocycles. The highest BCUT2D eigenvalue weighted by molar-refractivity contribution is 9.10. The van der Waals surface area contributed by atoms with Crippen LogP contribution in [0.1, 0.15) is 11.5 Å². The molecule has 0 unspecified atom stereocenters. The summed E-state index contributed by atoms with van der Waals surface area (Å²) in [5, 5.41) is 4.34. The first kappa shape index (κ1) is 15.8. The monoisotopic (exact) mass is 390 g/mol. The van der Waals surface area contributed by atoms with E-state index in [0.717, 1.165) is 21.3 Å². The Bertz CT molecular complexity index is 844. The maximum Gasteiger partial charge on any atom is 0.269 e. The number of halogens is 2. The largest absolute Gasteiger partial charge is 0.497 e. The number of aromatic nitrogens is 2. The van der Waals surface area contributed by atoms with Crippen molar-refractivity contribution in [3.8, 4) is 17.1 Å². The molecule has 0 atom stereocenters. The first-order chi connectivity index (χ1) is 11.2. The van der Waals surface area contributed by atoms with E-state index in [9.17, 15) is 0 Å². The average Bonchev–Trinajstić information content (AvgIpc) is 3.06. The highest BCUT2D eigenvalue weighted by Crippen LogP contribution is 2.25. The maximum atomic E-state index is 6.27. The van der Waals surface area contributed by atoms with E-state index < -0.39 is 0 Å². The predicted molar refractivity (Wildman–Crippen MR) is 94.2 cm³/mol. The molecule has 0 amide bonds. The number of ether oxygens (including phenoxy) is 1. The van der Waals surface area contributed by atoms with Gasteiger partial charge in [-0.3, -0.25) is 0 Å². The fraction of sp³-hybridized carbons (Fsp3) is 0.0588. The lowest BCUT2D eigenvalue weighted by Crippen LogP contribution is -1.83. The van der Waals surface area contributed by atoms with Gasteiger partial charge in [0.25, 0.3) is 5.89 Å². The average molecular weight is 392 g/mol. The van der Waals surface area contributed by atoms with E-state index in [2.05, 4.69) is 26.1 Å². The maximum absolute atomic E-state index is 6.27. The summed E-state index contributed by atoms with van der Waals surface area (Å²) in [5.74, 6) is 1.55. The van der Waals surface area contributed by atoms with Crippen LogP contribution in [0.2, 0.25) is 0 Å². The molecule has 0 aliphatic carbocycles. The number of methoxy groups -OCH3 is 1. The summed E-state index contributed by atoms with van der Waals surface area (Å²) in [4.78, 5) is 4.33. The van der Waals surface area contributed by atoms with Crippen LogP contribution < -0.4 is 4.74 Å². The molecular formula is C17H12BrClN2O2. The molecule has 0 aliphatic heterocycles. The quantitative estimate of drug-likeness (QED) is 0.610. The van der Waals surface area contributed by atoms with Crippen molar-refractivity contribution in [1.82, 2.24) is 10.1 Å². The molecule has 3 aromatic rings. The van der Waals surface area contributed by atoms with Gasteiger partial charge in [0.2, 0.25) is 5.82 Å². The lowest BCUT2D eigenvalue weighted by molar-refractivity contribution is 0.410. The zero-order valence-electron chi connectivity index (χ0n) is 12.2. The van der Waals surface area contributed by atoms with Crippen molar-refractivity contribution in [1.29, 1.82) is 0 Å². The van der Waals surface area contributed by atoms with Crippen molar-refractivity contribution in [2.75, 3.05) is 7.11 Å². The van der Waals surface area contributed by atoms with Crippen LogP contribution in [0.3, 0.4) is 0 Å². The minimum Gasteiger partial charge on any atom is -0.497 e. The standard InChI is InChI=1S/C17H12BrClN2O2/c1-22-14-7-5-11(6-8-14)9-15(19)17-20-16(21-23-17)12-3-2-4-13(18)10-12/h2-10H,1H3/b15-9-. The summed E-state index contributed by atoms with van der Waals surface area (Å²) in [7, 11) is 1.62. The van der Waals surface area contributed by atoms with Crippen LogP contribution in [-0.2, 0) is 0 Å². The van der Waals surface area contributed by atoms with Crippen molar-refractivity contribution in [2.45, 2.75) is 0 Å². The van der Waals surface area contributed by atoms with Gasteiger partial charge in [0.05, 0.1) is 7.11 Å². The van der Waals surface area contributed by atoms with Crippen LogP contribution >= 0.6 is 27.5 Å². The molecule has 1 heterocycles. The van der Waals surface area contributed by atoms with Gasteiger partial charge in [0, 0.05) is 10.0 Å². The third-order valence-corrected chi connectivity index (χ3v) is 3.89. The van der Waals surface area contributed by atoms with Gasteiger partial charge in [-0.25, -0.2) is 0 Å². The van der Waals surface area contributed by atoms with Gasteiger partial charge < -0.3 is 9.26 Å². The van der Waals surface area contributed by atoms with Crippen LogP contribution in [-0.4, -0.2) is 17.3 Å². The number of nitrogens with zero attached hydrogens (tertiary/aromatic N) is 2. The van der Waals surface area contributed by atoms with E-state index in [1.165, 1.54) is 0 Å². The van der Waals surface area contributed by atoms with E-state index in [1.807, 2.05) is 48.5 Å². The Hall–Kier alpha value is -2.11. The Balaban J connectivity index is 1.85. The Morgan fingerprint density at radius 3 is 2.70 bits per heavy atom. The smallest absolute Gasteiger partial charge is 0.269 e. The Morgan fingerprint density at radius 2 is 2.00 bits per heavy atom. The van der Waals surface area contributed by atoms with Gasteiger partial charge in [-0.1, -0.05) is 57.0 Å². The summed E-state index contributed by atoms with van der Waals surface area (Å²) in [6.45, 7) is 0. The van der Waals surface area contributed by atoms with Crippen LogP contribution in [0.4, 0.5) is 0 Å². The molecule has 0 radical (unpaired) electrons. The second-order valence-corrected chi connectivity index (χ2v) is 6.02. The van der Waals surface area contributed by atoms with E-state index in [-0.39, 0.29) is 5.89 Å². The van der Waals surface area contributed by atoms with Crippen molar-refractivity contribution >= 4 is 38.6 Å². The first-order valence-corrected chi connectivity index (χ1v) is 7.94. The number of rotatable bonds is 4. The number of hydrogen-bond donors (Lipinski definition) is 0. The normalized spacial score (nSPS) is 11.5. The summed E-state index contributed by atoms with van der Waals surface area (Å²) in [6.07, 6.45) is 1.76. The molecule has 0 bridgehead atoms. The van der Waals surface area contributed by atoms with Crippen molar-refractivity contribution in [3.63, 3.8) is 0 Å². The first-order valence-electron chi connectivity index (χ1n) is 6.77. The summed E-state index contributed by atoms with van der Waals surface area (Å²) in [6, 6.07) is 15.2. The van der Waals surface area contributed by atoms with Gasteiger partial charge in [0.15, 0.2) is 0 Å². The molecule has 0 N–H and O–H groups in total. The lowest BCUT2D eigenvalue weighted by Gasteiger charge is -1.99. The molecule has 0 saturated carbocycles. The van der Waals surface area contributed by atoms with E-state index in [1.54, 1.807) is 13.2 Å². The van der Waals surface area contributed by atoms with E-state index in [0.29, 0.717) is 10.9 Å². The molecule has 3 rings (SSSR count). The van der Waals surface area contributed by atoms with Gasteiger partial charge in [-0.05, 0) is 35.9 Å². The summed E-state index contributed by atoms with van der Waals surface area (Å²) < 4.78 is 11.3. The Morgan fingerprint density at radius 1 is 1.22 bits per heavy atom. The minimum atomic E-state index is 0.275. The topological polar surface area (TPSA) is 48.2 Å². The lowest BCUT2D eigenvalue weighted by atomic mass is 10.2. The third kappa shape index (κ3) is 3.81. The van der Waals surface area contributed by atoms with Crippen LogP contribution in [0.5, 0.6) is 5.75 Å². The van der Waals surface area contributed by atoms with Gasteiger partial charge in [0.1, 0.15) is 10.8 Å². The second-order valence-electron chi connectivity index (χ2n) is 4.70. The van der Waals surface area contributed by atoms with E-state index in [4.69, 9.17) is 20.9 Å². The van der Waals surface area contributed by atoms with Crippen molar-refractivity contribution in [2.24, 2.45) is 0 Å². The fourth-order valence-electron chi connectivity index (χ4n) is 1.97. The van der Waals surface area contributed by atoms with Crippen molar-refractivity contribution in [3.05, 3.63) is 64.5 Å². The number of hydrogen-bond acceptors (Lipinski definition) is 4. The summed E-state index contributed by atoms with van der Waals surface area (Å²) >= 11 is 9.69. The molecular weight excluding hydrogens is 380 g/mol. The molecule has 23 heavy (non-hydrogen) atoms. The Labute approximate surface area is 146 Å². The highest BCUT2D eigenvalue weighted by atomic mass is 79.9. The Kier molecular flexibility index (Phi) is 4.79. The van der Waals surface area contributed by atoms with Crippen molar-refractivity contribution < 1.29 is 9.26 Å². The van der Waals surface area contributed by atoms with Gasteiger partial charge >= 0.3 is 0 Å². The molecule has 0 fully saturated rings. The summed E-state index contributed by atoms with van der Waals surface area (Å²) in [5.41, 5.74) is 1.77. The van der Waals surface area contributed by atoms with Crippen LogP contribution in [0.25, 0.3) is 22.5 Å². The molecule has 116 valence electrons. The van der Waals surface area contributed by atoms with E-state index >= 15 is 0 Å². The van der Waals surface area contributed by atoms with Gasteiger partial charge in [-0.2, -0.15) is 4.98 Å². The molecule has 1 aromatic heterocycles. The highest BCUT2D eigenvalue weighted by Gasteiger charge is 2.11. The fourth-order valence-corrected chi connectivity index (χ4v) is 2.58. The zero-order valence-corrected chi connectivity index (χ0v) is 14.5. The molecule has 0 aliphatic rings. The zero-order chi connectivity index (χ0) is 16.2. The van der Waals surface area contributed by atoms with Gasteiger partial charge in [-0.15, -0.1) is 0 Å². The SMILES string of the molecule is COc1ccc(/C=C(\Cl)c2nc(-c3cccc(Br)c3)no2)cc1. The molecule has 4 nitrogen and oxygen atoms in total. The third-order valence-electron chi connectivity index (χ3n) is 3.12. The molecule has 6 heteroatoms. The molecule has 2 aromatic carbocycles. The van der Waals surface area contributed by atoms with Crippen LogP contribution in [0.15, 0.2) is 57.5 Å². The minimum absolute atomic E-state index is 0.275. The second kappa shape index (κ2) is 6.98. The number of benzene rings is 2. The van der Waals surface area contributed by atoms with Crippen LogP contribution in [0, 0.1) is 0 Å². The predicted octanol–water partition coefficient (Wildman–Crippen LogP) is 5.24.